The fraction of sp³-hybridized carbons (Fsp3) is 0.261. The van der Waals surface area contributed by atoms with Crippen LogP contribution < -0.4 is 4.74 Å². The first-order valence-corrected chi connectivity index (χ1v) is 10.1. The van der Waals surface area contributed by atoms with Crippen molar-refractivity contribution < 1.29 is 9.53 Å². The molecule has 2 aromatic heterocycles. The number of rotatable bonds is 3. The van der Waals surface area contributed by atoms with Gasteiger partial charge in [0.2, 0.25) is 0 Å². The third-order valence-corrected chi connectivity index (χ3v) is 5.53. The normalized spacial score (nSPS) is 13.7. The molecule has 0 saturated carbocycles. The number of hydrogen-bond acceptors (Lipinski definition) is 4. The zero-order valence-corrected chi connectivity index (χ0v) is 17.1. The topological polar surface area (TPSA) is 76.0 Å². The van der Waals surface area contributed by atoms with E-state index < -0.39 is 0 Å². The molecule has 5 rings (SSSR count). The van der Waals surface area contributed by atoms with Crippen LogP contribution in [0, 0.1) is 6.92 Å². The number of carbonyl (C=O) groups excluding carboxylic acids is 1. The first-order valence-electron chi connectivity index (χ1n) is 10.1. The van der Waals surface area contributed by atoms with Crippen molar-refractivity contribution >= 4 is 16.9 Å². The van der Waals surface area contributed by atoms with Crippen molar-refractivity contribution in [1.29, 1.82) is 0 Å². The number of ether oxygens (including phenoxy) is 1. The predicted octanol–water partition coefficient (Wildman–Crippen LogP) is 3.79. The summed E-state index contributed by atoms with van der Waals surface area (Å²) in [5.41, 5.74) is 5.76. The minimum Gasteiger partial charge on any atom is -0.491 e. The van der Waals surface area contributed by atoms with E-state index in [1.807, 2.05) is 35.4 Å². The van der Waals surface area contributed by atoms with Crippen LogP contribution in [0.15, 0.2) is 48.9 Å². The summed E-state index contributed by atoms with van der Waals surface area (Å²) >= 11 is 0. The van der Waals surface area contributed by atoms with Gasteiger partial charge in [0.1, 0.15) is 23.9 Å². The molecule has 0 radical (unpaired) electrons. The Bertz CT molecular complexity index is 1240. The molecule has 152 valence electrons. The number of fused-ring (bicyclic) bond motifs is 2. The van der Waals surface area contributed by atoms with Gasteiger partial charge in [-0.15, -0.1) is 0 Å². The zero-order chi connectivity index (χ0) is 20.7. The van der Waals surface area contributed by atoms with Crippen LogP contribution in [-0.2, 0) is 13.1 Å². The smallest absolute Gasteiger partial charge is 0.272 e. The molecule has 0 aliphatic carbocycles. The number of H-pyrrole nitrogens is 1. The minimum absolute atomic E-state index is 0.0226. The van der Waals surface area contributed by atoms with Crippen molar-refractivity contribution in [3.63, 3.8) is 0 Å². The van der Waals surface area contributed by atoms with E-state index in [0.29, 0.717) is 31.9 Å². The summed E-state index contributed by atoms with van der Waals surface area (Å²) in [5.74, 6) is 1.71. The van der Waals surface area contributed by atoms with Crippen molar-refractivity contribution in [1.82, 2.24) is 24.4 Å². The van der Waals surface area contributed by atoms with Crippen molar-refractivity contribution in [3.05, 3.63) is 66.0 Å². The molecule has 0 atom stereocenters. The van der Waals surface area contributed by atoms with E-state index in [2.05, 4.69) is 39.2 Å². The average molecular weight is 401 g/mol. The molecule has 2 aromatic carbocycles. The molecule has 1 N–H and O–H groups in total. The lowest BCUT2D eigenvalue weighted by Gasteiger charge is -2.20. The maximum Gasteiger partial charge on any atom is 0.272 e. The number of hydrogen-bond donors (Lipinski definition) is 1. The Hall–Kier alpha value is -3.61. The second kappa shape index (κ2) is 7.33. The number of aryl methyl sites for hydroxylation is 2. The first kappa shape index (κ1) is 18.4. The molecule has 0 fully saturated rings. The SMILES string of the molecule is CCn1cncc1C(=O)N1CCOc2ccc(-c3ccc4nc(C)[nH]c4c3)cc2C1. The molecule has 0 unspecified atom stereocenters. The van der Waals surface area contributed by atoms with Gasteiger partial charge in [-0.25, -0.2) is 9.97 Å². The highest BCUT2D eigenvalue weighted by Crippen LogP contribution is 2.31. The zero-order valence-electron chi connectivity index (χ0n) is 17.1. The fourth-order valence-corrected chi connectivity index (χ4v) is 3.98. The van der Waals surface area contributed by atoms with E-state index in [9.17, 15) is 4.79 Å². The molecule has 0 spiro atoms. The molecule has 4 aromatic rings. The van der Waals surface area contributed by atoms with Gasteiger partial charge in [0.15, 0.2) is 0 Å². The van der Waals surface area contributed by atoms with Crippen molar-refractivity contribution in [2.24, 2.45) is 0 Å². The number of imidazole rings is 2. The molecule has 1 aliphatic heterocycles. The van der Waals surface area contributed by atoms with Gasteiger partial charge >= 0.3 is 0 Å². The molecule has 7 heteroatoms. The van der Waals surface area contributed by atoms with Gasteiger partial charge in [-0.2, -0.15) is 0 Å². The lowest BCUT2D eigenvalue weighted by molar-refractivity contribution is 0.0722. The van der Waals surface area contributed by atoms with E-state index in [4.69, 9.17) is 4.74 Å². The third kappa shape index (κ3) is 3.22. The van der Waals surface area contributed by atoms with Crippen molar-refractivity contribution in [3.8, 4) is 16.9 Å². The number of nitrogens with one attached hydrogen (secondary N) is 1. The monoisotopic (exact) mass is 401 g/mol. The summed E-state index contributed by atoms with van der Waals surface area (Å²) in [5, 5.41) is 0. The van der Waals surface area contributed by atoms with Crippen LogP contribution in [0.2, 0.25) is 0 Å². The Morgan fingerprint density at radius 3 is 2.90 bits per heavy atom. The predicted molar refractivity (Wildman–Crippen MR) is 114 cm³/mol. The second-order valence-corrected chi connectivity index (χ2v) is 7.52. The van der Waals surface area contributed by atoms with E-state index >= 15 is 0 Å². The number of aromatic amines is 1. The van der Waals surface area contributed by atoms with E-state index in [-0.39, 0.29) is 5.91 Å². The largest absolute Gasteiger partial charge is 0.491 e. The molecule has 30 heavy (non-hydrogen) atoms. The summed E-state index contributed by atoms with van der Waals surface area (Å²) in [7, 11) is 0. The maximum absolute atomic E-state index is 13.1. The summed E-state index contributed by atoms with van der Waals surface area (Å²) in [6.07, 6.45) is 3.33. The Morgan fingerprint density at radius 2 is 2.03 bits per heavy atom. The summed E-state index contributed by atoms with van der Waals surface area (Å²) < 4.78 is 7.80. The van der Waals surface area contributed by atoms with Crippen LogP contribution >= 0.6 is 0 Å². The van der Waals surface area contributed by atoms with Gasteiger partial charge in [-0.1, -0.05) is 12.1 Å². The first-order chi connectivity index (χ1) is 14.6. The number of carbonyl (C=O) groups is 1. The molecule has 1 amide bonds. The Balaban J connectivity index is 1.47. The molecular weight excluding hydrogens is 378 g/mol. The number of benzene rings is 2. The Kier molecular flexibility index (Phi) is 4.50. The molecule has 0 saturated heterocycles. The van der Waals surface area contributed by atoms with Gasteiger partial charge in [0.05, 0.1) is 30.1 Å². The highest BCUT2D eigenvalue weighted by molar-refractivity contribution is 5.92. The van der Waals surface area contributed by atoms with Gasteiger partial charge in [-0.3, -0.25) is 4.79 Å². The standard InChI is InChI=1S/C23H23N5O2/c1-3-27-14-24-12-21(27)23(29)28-8-9-30-22-7-5-16(10-18(22)13-28)17-4-6-19-20(11-17)26-15(2)25-19/h4-7,10-12,14H,3,8-9,13H2,1-2H3,(H,25,26). The molecular formula is C23H23N5O2. The molecule has 0 bridgehead atoms. The van der Waals surface area contributed by atoms with Gasteiger partial charge in [0, 0.05) is 18.7 Å². The molecule has 3 heterocycles. The van der Waals surface area contributed by atoms with Crippen LogP contribution in [0.5, 0.6) is 5.75 Å². The lowest BCUT2D eigenvalue weighted by atomic mass is 10.0. The molecule has 1 aliphatic rings. The third-order valence-electron chi connectivity index (χ3n) is 5.53. The van der Waals surface area contributed by atoms with Gasteiger partial charge in [-0.05, 0) is 49.2 Å². The quantitative estimate of drug-likeness (QED) is 0.567. The van der Waals surface area contributed by atoms with Crippen LogP contribution in [0.25, 0.3) is 22.2 Å². The van der Waals surface area contributed by atoms with Crippen molar-refractivity contribution in [2.75, 3.05) is 13.2 Å². The maximum atomic E-state index is 13.1. The number of amides is 1. The number of nitrogens with zero attached hydrogens (tertiary/aromatic N) is 4. The Labute approximate surface area is 174 Å². The van der Waals surface area contributed by atoms with E-state index in [1.165, 1.54) is 0 Å². The summed E-state index contributed by atoms with van der Waals surface area (Å²) in [4.78, 5) is 26.8. The summed E-state index contributed by atoms with van der Waals surface area (Å²) in [6.45, 7) is 6.18. The number of aromatic nitrogens is 4. The average Bonchev–Trinajstić information content (AvgIpc) is 3.31. The van der Waals surface area contributed by atoms with Crippen LogP contribution in [0.4, 0.5) is 0 Å². The second-order valence-electron chi connectivity index (χ2n) is 7.52. The minimum atomic E-state index is -0.0226. The fourth-order valence-electron chi connectivity index (χ4n) is 3.98. The van der Waals surface area contributed by atoms with Crippen LogP contribution in [0.3, 0.4) is 0 Å². The van der Waals surface area contributed by atoms with E-state index in [1.54, 1.807) is 12.5 Å². The highest BCUT2D eigenvalue weighted by atomic mass is 16.5. The lowest BCUT2D eigenvalue weighted by Crippen LogP contribution is -2.33. The summed E-state index contributed by atoms with van der Waals surface area (Å²) in [6, 6.07) is 12.4. The Morgan fingerprint density at radius 1 is 1.20 bits per heavy atom. The van der Waals surface area contributed by atoms with Gasteiger partial charge in [0.25, 0.3) is 5.91 Å². The van der Waals surface area contributed by atoms with Crippen molar-refractivity contribution in [2.45, 2.75) is 26.9 Å². The highest BCUT2D eigenvalue weighted by Gasteiger charge is 2.23. The van der Waals surface area contributed by atoms with Crippen LogP contribution in [0.1, 0.15) is 28.8 Å². The van der Waals surface area contributed by atoms with Gasteiger partial charge < -0.3 is 19.2 Å². The molecule has 7 nitrogen and oxygen atoms in total. The van der Waals surface area contributed by atoms with E-state index in [0.717, 1.165) is 39.3 Å². The van der Waals surface area contributed by atoms with Crippen LogP contribution in [-0.4, -0.2) is 43.5 Å².